The van der Waals surface area contributed by atoms with Crippen LogP contribution in [-0.4, -0.2) is 41.2 Å². The number of aliphatic hydroxyl groups is 2. The van der Waals surface area contributed by atoms with Gasteiger partial charge in [-0.25, -0.2) is 0 Å². The summed E-state index contributed by atoms with van der Waals surface area (Å²) in [6, 6.07) is 4.60. The number of aryl methyl sites for hydroxylation is 1. The third-order valence-corrected chi connectivity index (χ3v) is 12.1. The van der Waals surface area contributed by atoms with Crippen LogP contribution < -0.4 is 0 Å². The molecule has 6 nitrogen and oxygen atoms in total. The average Bonchev–Trinajstić information content (AvgIpc) is 3.13. The van der Waals surface area contributed by atoms with Gasteiger partial charge in [-0.05, 0) is 117 Å². The molecule has 0 heterocycles. The largest absolute Gasteiger partial charge is 0.390 e. The van der Waals surface area contributed by atoms with E-state index in [1.54, 1.807) is 13.0 Å². The van der Waals surface area contributed by atoms with Crippen molar-refractivity contribution < 1.29 is 28.0 Å². The van der Waals surface area contributed by atoms with Gasteiger partial charge < -0.3 is 10.2 Å². The topological polar surface area (TPSA) is 112 Å². The van der Waals surface area contributed by atoms with Gasteiger partial charge in [-0.15, -0.1) is 0 Å². The van der Waals surface area contributed by atoms with E-state index in [1.807, 2.05) is 6.92 Å². The molecule has 0 aliphatic heterocycles. The molecule has 4 unspecified atom stereocenters. The molecule has 1 aromatic carbocycles. The Kier molecular flexibility index (Phi) is 6.07. The van der Waals surface area contributed by atoms with Crippen molar-refractivity contribution in [1.82, 2.24) is 0 Å². The van der Waals surface area contributed by atoms with Crippen LogP contribution in [0.25, 0.3) is 0 Å². The third-order valence-electron chi connectivity index (χ3n) is 11.3. The molecule has 4 fully saturated rings. The number of aliphatic hydroxyl groups excluding tert-OH is 2. The van der Waals surface area contributed by atoms with Crippen LogP contribution in [0.15, 0.2) is 23.1 Å². The second-order valence-electron chi connectivity index (χ2n) is 12.6. The van der Waals surface area contributed by atoms with Crippen molar-refractivity contribution in [2.45, 2.75) is 95.7 Å². The molecule has 4 aliphatic rings. The molecule has 5 rings (SSSR count). The molecule has 4 saturated carbocycles. The van der Waals surface area contributed by atoms with Crippen LogP contribution in [0.2, 0.25) is 0 Å². The summed E-state index contributed by atoms with van der Waals surface area (Å²) in [6.45, 7) is 8.22. The Hall–Kier alpha value is -1.28. The predicted molar refractivity (Wildman–Crippen MR) is 132 cm³/mol. The van der Waals surface area contributed by atoms with E-state index in [9.17, 15) is 28.0 Å². The highest BCUT2D eigenvalue weighted by Crippen LogP contribution is 2.70. The Balaban J connectivity index is 1.61. The van der Waals surface area contributed by atoms with Gasteiger partial charge in [-0.1, -0.05) is 19.9 Å². The first-order chi connectivity index (χ1) is 16.3. The highest BCUT2D eigenvalue weighted by Gasteiger charge is 2.64. The molecular weight excluding hydrogens is 464 g/mol. The Morgan fingerprint density at radius 2 is 1.74 bits per heavy atom. The van der Waals surface area contributed by atoms with E-state index in [0.717, 1.165) is 44.1 Å². The SMILES string of the molecule is CC(=O)[C@H]1CC[C@H]2[C@@H]3CCC4CC(O)C(O)C(c5cc(S(=O)(=O)O)ccc5C)[C@]4(C)[C@H]3CC[C@]12C. The Morgan fingerprint density at radius 1 is 1.03 bits per heavy atom. The normalized spacial score (nSPS) is 45.3. The molecule has 0 radical (unpaired) electrons. The molecule has 35 heavy (non-hydrogen) atoms. The number of ketones is 1. The van der Waals surface area contributed by atoms with Crippen molar-refractivity contribution in [3.05, 3.63) is 29.3 Å². The molecule has 3 N–H and O–H groups in total. The van der Waals surface area contributed by atoms with E-state index in [-0.39, 0.29) is 27.6 Å². The van der Waals surface area contributed by atoms with Gasteiger partial charge in [0.05, 0.1) is 17.1 Å². The summed E-state index contributed by atoms with van der Waals surface area (Å²) in [7, 11) is -4.39. The standard InChI is InChI=1S/C28H40O6S/c1-15-5-7-18(35(32,33)34)14-20(15)25-26(31)24(30)13-17-6-8-19-22-10-9-21(16(2)29)27(22,3)12-11-23(19)28(17,25)4/h5,7,14,17,19,21-26,30-31H,6,8-13H2,1-4H3,(H,32,33,34)/t17?,19-,21+,22-,23-,24?,25?,26?,27+,28-/m0/s1. The zero-order valence-corrected chi connectivity index (χ0v) is 22.1. The maximum atomic E-state index is 12.5. The van der Waals surface area contributed by atoms with Crippen LogP contribution in [0.5, 0.6) is 0 Å². The van der Waals surface area contributed by atoms with Crippen LogP contribution in [0.3, 0.4) is 0 Å². The fraction of sp³-hybridized carbons (Fsp3) is 0.750. The van der Waals surface area contributed by atoms with E-state index >= 15 is 0 Å². The minimum absolute atomic E-state index is 0.0271. The van der Waals surface area contributed by atoms with E-state index in [1.165, 1.54) is 12.1 Å². The molecule has 0 spiro atoms. The highest BCUT2D eigenvalue weighted by molar-refractivity contribution is 7.85. The zero-order valence-electron chi connectivity index (χ0n) is 21.3. The van der Waals surface area contributed by atoms with Gasteiger partial charge in [0.1, 0.15) is 5.78 Å². The summed E-state index contributed by atoms with van der Waals surface area (Å²) >= 11 is 0. The first kappa shape index (κ1) is 25.4. The Labute approximate surface area is 209 Å². The number of Topliss-reactive ketones (excluding diaryl/α,β-unsaturated/α-hetero) is 1. The average molecular weight is 505 g/mol. The van der Waals surface area contributed by atoms with Crippen LogP contribution in [0, 0.1) is 47.3 Å². The fourth-order valence-electron chi connectivity index (χ4n) is 9.65. The van der Waals surface area contributed by atoms with E-state index in [2.05, 4.69) is 13.8 Å². The van der Waals surface area contributed by atoms with Crippen molar-refractivity contribution in [2.75, 3.05) is 0 Å². The second kappa shape index (κ2) is 8.37. The monoisotopic (exact) mass is 504 g/mol. The molecule has 0 aromatic heterocycles. The summed E-state index contributed by atoms with van der Waals surface area (Å²) in [5.74, 6) is 1.47. The molecule has 1 aromatic rings. The van der Waals surface area contributed by atoms with Gasteiger partial charge in [0.15, 0.2) is 0 Å². The Morgan fingerprint density at radius 3 is 2.40 bits per heavy atom. The number of fused-ring (bicyclic) bond motifs is 5. The number of hydrogen-bond acceptors (Lipinski definition) is 5. The van der Waals surface area contributed by atoms with Gasteiger partial charge in [0.2, 0.25) is 0 Å². The van der Waals surface area contributed by atoms with Crippen LogP contribution in [-0.2, 0) is 14.9 Å². The summed E-state index contributed by atoms with van der Waals surface area (Å²) in [5, 5.41) is 22.4. The minimum Gasteiger partial charge on any atom is -0.390 e. The lowest BCUT2D eigenvalue weighted by Crippen LogP contribution is -2.60. The summed E-state index contributed by atoms with van der Waals surface area (Å²) in [6.07, 6.45) is 4.70. The van der Waals surface area contributed by atoms with Crippen molar-refractivity contribution >= 4 is 15.9 Å². The van der Waals surface area contributed by atoms with E-state index in [0.29, 0.717) is 35.5 Å². The van der Waals surface area contributed by atoms with Gasteiger partial charge in [-0.3, -0.25) is 9.35 Å². The number of hydrogen-bond donors (Lipinski definition) is 3. The van der Waals surface area contributed by atoms with Crippen molar-refractivity contribution in [1.29, 1.82) is 0 Å². The van der Waals surface area contributed by atoms with Crippen LogP contribution in [0.1, 0.15) is 82.8 Å². The van der Waals surface area contributed by atoms with Gasteiger partial charge in [0, 0.05) is 11.8 Å². The summed E-state index contributed by atoms with van der Waals surface area (Å²) in [4.78, 5) is 12.3. The molecular formula is C28H40O6S. The minimum atomic E-state index is -4.39. The van der Waals surface area contributed by atoms with Gasteiger partial charge >= 0.3 is 0 Å². The number of rotatable bonds is 3. The van der Waals surface area contributed by atoms with Crippen LogP contribution in [0.4, 0.5) is 0 Å². The smallest absolute Gasteiger partial charge is 0.294 e. The zero-order chi connectivity index (χ0) is 25.5. The Bertz CT molecular complexity index is 1130. The first-order valence-corrected chi connectivity index (χ1v) is 14.7. The lowest BCUT2D eigenvalue weighted by Gasteiger charge is -2.64. The quantitative estimate of drug-likeness (QED) is 0.522. The second-order valence-corrected chi connectivity index (χ2v) is 14.0. The van der Waals surface area contributed by atoms with E-state index < -0.39 is 28.2 Å². The van der Waals surface area contributed by atoms with Crippen molar-refractivity contribution in [3.8, 4) is 0 Å². The molecule has 0 saturated heterocycles. The molecule has 194 valence electrons. The molecule has 10 atom stereocenters. The van der Waals surface area contributed by atoms with Gasteiger partial charge in [0.25, 0.3) is 10.1 Å². The number of carbonyl (C=O) groups excluding carboxylic acids is 1. The first-order valence-electron chi connectivity index (χ1n) is 13.2. The van der Waals surface area contributed by atoms with Crippen molar-refractivity contribution in [3.63, 3.8) is 0 Å². The summed E-state index contributed by atoms with van der Waals surface area (Å²) < 4.78 is 33.7. The number of benzene rings is 1. The maximum Gasteiger partial charge on any atom is 0.294 e. The summed E-state index contributed by atoms with van der Waals surface area (Å²) in [5.41, 5.74) is 1.27. The maximum absolute atomic E-state index is 12.5. The van der Waals surface area contributed by atoms with Crippen molar-refractivity contribution in [2.24, 2.45) is 40.4 Å². The fourth-order valence-corrected chi connectivity index (χ4v) is 10.2. The lowest BCUT2D eigenvalue weighted by atomic mass is 9.41. The predicted octanol–water partition coefficient (Wildman–Crippen LogP) is 4.51. The van der Waals surface area contributed by atoms with Crippen LogP contribution >= 0.6 is 0 Å². The highest BCUT2D eigenvalue weighted by atomic mass is 32.2. The number of carbonyl (C=O) groups is 1. The lowest BCUT2D eigenvalue weighted by molar-refractivity contribution is -0.174. The van der Waals surface area contributed by atoms with E-state index in [4.69, 9.17) is 0 Å². The molecule has 0 bridgehead atoms. The molecule has 7 heteroatoms. The third kappa shape index (κ3) is 3.67. The van der Waals surface area contributed by atoms with Gasteiger partial charge in [-0.2, -0.15) is 8.42 Å². The molecule has 0 amide bonds. The molecule has 4 aliphatic carbocycles.